The number of nitrogens with one attached hydrogen (secondary N) is 1. The smallest absolute Gasteiger partial charge is 0.0888 e. The van der Waals surface area contributed by atoms with Crippen LogP contribution in [-0.2, 0) is 0 Å². The molecule has 0 saturated heterocycles. The largest absolute Gasteiger partial charge is 0.305 e. The van der Waals surface area contributed by atoms with Crippen molar-refractivity contribution in [1.82, 2.24) is 5.32 Å². The maximum Gasteiger partial charge on any atom is 0.0888 e. The van der Waals surface area contributed by atoms with Gasteiger partial charge in [0.2, 0.25) is 0 Å². The molecule has 1 nitrogen and oxygen atoms in total. The Bertz CT molecular complexity index is 682. The van der Waals surface area contributed by atoms with Gasteiger partial charge in [-0.2, -0.15) is 0 Å². The summed E-state index contributed by atoms with van der Waals surface area (Å²) in [6.07, 6.45) is 0. The van der Waals surface area contributed by atoms with Gasteiger partial charge >= 0.3 is 0 Å². The van der Waals surface area contributed by atoms with Gasteiger partial charge < -0.3 is 5.32 Å². The first-order chi connectivity index (χ1) is 9.69. The second-order valence-electron chi connectivity index (χ2n) is 4.45. The number of fused-ring (bicyclic) bond motifs is 1. The van der Waals surface area contributed by atoms with Crippen LogP contribution in [0.2, 0.25) is 5.02 Å². The molecule has 0 aliphatic rings. The summed E-state index contributed by atoms with van der Waals surface area (Å²) < 4.78 is 2.32. The van der Waals surface area contributed by atoms with E-state index in [1.54, 1.807) is 11.3 Å². The first-order valence-corrected chi connectivity index (χ1v) is 9.16. The predicted octanol–water partition coefficient (Wildman–Crippen LogP) is 6.08. The minimum absolute atomic E-state index is 0.214. The molecule has 20 heavy (non-hydrogen) atoms. The number of rotatable bonds is 4. The lowest BCUT2D eigenvalue weighted by Crippen LogP contribution is -2.20. The fourth-order valence-electron chi connectivity index (χ4n) is 2.20. The summed E-state index contributed by atoms with van der Waals surface area (Å²) in [7, 11) is 0. The highest BCUT2D eigenvalue weighted by Gasteiger charge is 2.19. The average Bonchev–Trinajstić information content (AvgIpc) is 3.00. The van der Waals surface area contributed by atoms with Crippen LogP contribution in [0.15, 0.2) is 40.2 Å². The second kappa shape index (κ2) is 6.16. The van der Waals surface area contributed by atoms with Crippen molar-refractivity contribution >= 4 is 60.3 Å². The molecule has 0 spiro atoms. The third-order valence-electron chi connectivity index (χ3n) is 3.09. The highest BCUT2D eigenvalue weighted by molar-refractivity contribution is 9.11. The molecule has 1 aromatic carbocycles. The second-order valence-corrected chi connectivity index (χ2v) is 8.37. The van der Waals surface area contributed by atoms with E-state index in [0.717, 1.165) is 15.4 Å². The normalized spacial score (nSPS) is 12.9. The van der Waals surface area contributed by atoms with Gasteiger partial charge in [-0.25, -0.2) is 0 Å². The van der Waals surface area contributed by atoms with Gasteiger partial charge in [-0.3, -0.25) is 0 Å². The highest BCUT2D eigenvalue weighted by atomic mass is 79.9. The van der Waals surface area contributed by atoms with Gasteiger partial charge in [0.05, 0.1) is 14.9 Å². The van der Waals surface area contributed by atoms with Crippen molar-refractivity contribution in [3.8, 4) is 0 Å². The molecule has 0 radical (unpaired) electrons. The summed E-state index contributed by atoms with van der Waals surface area (Å²) in [4.78, 5) is 2.58. The number of thiophene rings is 2. The van der Waals surface area contributed by atoms with Gasteiger partial charge in [0.1, 0.15) is 0 Å². The third kappa shape index (κ3) is 2.81. The molecule has 1 N–H and O–H groups in total. The summed E-state index contributed by atoms with van der Waals surface area (Å²) in [5.41, 5.74) is 0. The summed E-state index contributed by atoms with van der Waals surface area (Å²) >= 11 is 13.2. The minimum atomic E-state index is 0.214. The van der Waals surface area contributed by atoms with Crippen molar-refractivity contribution in [2.45, 2.75) is 13.0 Å². The summed E-state index contributed by atoms with van der Waals surface area (Å²) in [6, 6.07) is 13.0. The molecule has 0 fully saturated rings. The number of hydrogen-bond acceptors (Lipinski definition) is 3. The van der Waals surface area contributed by atoms with Crippen LogP contribution in [0.4, 0.5) is 0 Å². The molecule has 0 bridgehead atoms. The average molecular weight is 387 g/mol. The van der Waals surface area contributed by atoms with Crippen LogP contribution in [-0.4, -0.2) is 6.54 Å². The van der Waals surface area contributed by atoms with E-state index in [0.29, 0.717) is 0 Å². The lowest BCUT2D eigenvalue weighted by molar-refractivity contribution is 0.649. The molecule has 104 valence electrons. The molecule has 0 saturated carbocycles. The fraction of sp³-hybridized carbons (Fsp3) is 0.200. The van der Waals surface area contributed by atoms with Crippen LogP contribution in [0.25, 0.3) is 10.1 Å². The molecular weight excluding hydrogens is 374 g/mol. The molecule has 3 aromatic rings. The first kappa shape index (κ1) is 14.5. The third-order valence-corrected chi connectivity index (χ3v) is 6.81. The summed E-state index contributed by atoms with van der Waals surface area (Å²) in [5, 5.41) is 5.65. The van der Waals surface area contributed by atoms with Crippen LogP contribution in [0.5, 0.6) is 0 Å². The Morgan fingerprint density at radius 3 is 2.60 bits per heavy atom. The molecule has 1 atom stereocenters. The van der Waals surface area contributed by atoms with E-state index in [2.05, 4.69) is 58.5 Å². The van der Waals surface area contributed by atoms with Gasteiger partial charge in [-0.05, 0) is 46.1 Å². The first-order valence-electron chi connectivity index (χ1n) is 6.35. The van der Waals surface area contributed by atoms with Gasteiger partial charge in [-0.1, -0.05) is 36.7 Å². The predicted molar refractivity (Wildman–Crippen MR) is 94.4 cm³/mol. The molecule has 0 aliphatic carbocycles. The molecule has 2 aromatic heterocycles. The van der Waals surface area contributed by atoms with Crippen molar-refractivity contribution in [1.29, 1.82) is 0 Å². The van der Waals surface area contributed by atoms with Gasteiger partial charge in [0.25, 0.3) is 0 Å². The summed E-state index contributed by atoms with van der Waals surface area (Å²) in [5.74, 6) is 0. The Kier molecular flexibility index (Phi) is 4.48. The lowest BCUT2D eigenvalue weighted by atomic mass is 10.1. The molecule has 0 amide bonds. The fourth-order valence-corrected chi connectivity index (χ4v) is 5.27. The van der Waals surface area contributed by atoms with E-state index in [4.69, 9.17) is 11.6 Å². The van der Waals surface area contributed by atoms with Crippen molar-refractivity contribution < 1.29 is 0 Å². The minimum Gasteiger partial charge on any atom is -0.305 e. The van der Waals surface area contributed by atoms with E-state index in [1.807, 2.05) is 17.4 Å². The Morgan fingerprint density at radius 1 is 1.20 bits per heavy atom. The zero-order valence-electron chi connectivity index (χ0n) is 10.8. The monoisotopic (exact) mass is 385 g/mol. The van der Waals surface area contributed by atoms with E-state index in [9.17, 15) is 0 Å². The van der Waals surface area contributed by atoms with Gasteiger partial charge in [0.15, 0.2) is 0 Å². The van der Waals surface area contributed by atoms with Crippen LogP contribution >= 0.6 is 50.2 Å². The molecule has 2 heterocycles. The Balaban J connectivity index is 2.05. The standard InChI is InChI=1S/C15H13BrClNS2/c1-2-18-14(13-8-10(17)15(16)20-13)12-7-9-5-3-4-6-11(9)19-12/h3-8,14,18H,2H2,1H3. The Labute approximate surface area is 139 Å². The summed E-state index contributed by atoms with van der Waals surface area (Å²) in [6.45, 7) is 3.05. The van der Waals surface area contributed by atoms with E-state index in [1.165, 1.54) is 19.8 Å². The molecular formula is C15H13BrClNS2. The topological polar surface area (TPSA) is 12.0 Å². The zero-order valence-corrected chi connectivity index (χ0v) is 14.8. The van der Waals surface area contributed by atoms with Crippen molar-refractivity contribution in [2.24, 2.45) is 0 Å². The Morgan fingerprint density at radius 2 is 1.95 bits per heavy atom. The SMILES string of the molecule is CCNC(c1cc(Cl)c(Br)s1)c1cc2ccccc2s1. The molecule has 0 aliphatic heterocycles. The zero-order chi connectivity index (χ0) is 14.1. The van der Waals surface area contributed by atoms with E-state index < -0.39 is 0 Å². The van der Waals surface area contributed by atoms with Crippen molar-refractivity contribution in [3.05, 3.63) is 55.0 Å². The van der Waals surface area contributed by atoms with Crippen LogP contribution in [0, 0.1) is 0 Å². The van der Waals surface area contributed by atoms with Crippen molar-refractivity contribution in [3.63, 3.8) is 0 Å². The Hall–Kier alpha value is -0.390. The van der Waals surface area contributed by atoms with Gasteiger partial charge in [-0.15, -0.1) is 22.7 Å². The van der Waals surface area contributed by atoms with Crippen LogP contribution in [0.3, 0.4) is 0 Å². The maximum atomic E-state index is 6.18. The number of hydrogen-bond donors (Lipinski definition) is 1. The van der Waals surface area contributed by atoms with Crippen LogP contribution in [0.1, 0.15) is 22.7 Å². The lowest BCUT2D eigenvalue weighted by Gasteiger charge is -2.14. The molecule has 3 rings (SSSR count). The number of halogens is 2. The number of benzene rings is 1. The molecule has 1 unspecified atom stereocenters. The van der Waals surface area contributed by atoms with Crippen molar-refractivity contribution in [2.75, 3.05) is 6.54 Å². The highest BCUT2D eigenvalue weighted by Crippen LogP contribution is 2.40. The van der Waals surface area contributed by atoms with Crippen LogP contribution < -0.4 is 5.32 Å². The van der Waals surface area contributed by atoms with E-state index in [-0.39, 0.29) is 6.04 Å². The quantitative estimate of drug-likeness (QED) is 0.573. The van der Waals surface area contributed by atoms with E-state index >= 15 is 0 Å². The molecule has 5 heteroatoms. The van der Waals surface area contributed by atoms with Gasteiger partial charge in [0, 0.05) is 14.5 Å². The maximum absolute atomic E-state index is 6.18.